The average molecular weight is 326 g/mol. The molecule has 0 fully saturated rings. The van der Waals surface area contributed by atoms with Crippen molar-refractivity contribution in [3.63, 3.8) is 0 Å². The van der Waals surface area contributed by atoms with Crippen LogP contribution in [-0.4, -0.2) is 8.07 Å². The van der Waals surface area contributed by atoms with Gasteiger partial charge in [0.05, 0.1) is 11.6 Å². The van der Waals surface area contributed by atoms with Crippen molar-refractivity contribution >= 4 is 29.0 Å². The molecular weight excluding hydrogens is 308 g/mol. The first kappa shape index (κ1) is 14.7. The van der Waals surface area contributed by atoms with Crippen LogP contribution in [0.3, 0.4) is 0 Å². The van der Waals surface area contributed by atoms with Crippen LogP contribution in [0.15, 0.2) is 114 Å². The molecule has 0 saturated heterocycles. The van der Waals surface area contributed by atoms with Gasteiger partial charge in [0.15, 0.2) is 0 Å². The molecule has 0 spiro atoms. The van der Waals surface area contributed by atoms with E-state index in [2.05, 4.69) is 97.1 Å². The number of rotatable bonds is 4. The fraction of sp³-hybridized carbons (Fsp3) is 0. The van der Waals surface area contributed by atoms with Gasteiger partial charge >= 0.3 is 0 Å². The Morgan fingerprint density at radius 1 is 0.458 bits per heavy atom. The normalized spacial score (nSPS) is 11.3. The Morgan fingerprint density at radius 3 is 1.21 bits per heavy atom. The first-order valence-electron chi connectivity index (χ1n) is 8.13. The summed E-state index contributed by atoms with van der Waals surface area (Å²) in [5.41, 5.74) is 0. The van der Waals surface area contributed by atoms with Crippen LogP contribution in [0.2, 0.25) is 0 Å². The highest BCUT2D eigenvalue weighted by molar-refractivity contribution is 7.19. The summed E-state index contributed by atoms with van der Waals surface area (Å²) in [7, 11) is -2.41. The van der Waals surface area contributed by atoms with Crippen LogP contribution < -0.4 is 20.9 Å². The number of furan rings is 1. The zero-order valence-corrected chi connectivity index (χ0v) is 14.3. The summed E-state index contributed by atoms with van der Waals surface area (Å²) in [5.74, 6) is 0. The maximum atomic E-state index is 6.02. The largest absolute Gasteiger partial charge is 0.473 e. The summed E-state index contributed by atoms with van der Waals surface area (Å²) in [6.45, 7) is 0. The smallest absolute Gasteiger partial charge is 0.223 e. The number of hydrogen-bond acceptors (Lipinski definition) is 1. The first-order valence-corrected chi connectivity index (χ1v) is 10.1. The van der Waals surface area contributed by atoms with Gasteiger partial charge in [-0.15, -0.1) is 0 Å². The Labute approximate surface area is 143 Å². The minimum atomic E-state index is -2.41. The van der Waals surface area contributed by atoms with E-state index < -0.39 is 8.07 Å². The van der Waals surface area contributed by atoms with Crippen molar-refractivity contribution in [1.82, 2.24) is 0 Å². The zero-order valence-electron chi connectivity index (χ0n) is 13.3. The second-order valence-electron chi connectivity index (χ2n) is 5.83. The predicted octanol–water partition coefficient (Wildman–Crippen LogP) is 2.66. The molecule has 4 rings (SSSR count). The molecule has 0 aliphatic rings. The van der Waals surface area contributed by atoms with Gasteiger partial charge in [-0.1, -0.05) is 91.0 Å². The third kappa shape index (κ3) is 2.32. The molecule has 24 heavy (non-hydrogen) atoms. The molecule has 116 valence electrons. The Morgan fingerprint density at radius 2 is 0.875 bits per heavy atom. The summed E-state index contributed by atoms with van der Waals surface area (Å²) in [4.78, 5) is 0. The lowest BCUT2D eigenvalue weighted by Crippen LogP contribution is -2.74. The second-order valence-corrected chi connectivity index (χ2v) is 9.55. The third-order valence-electron chi connectivity index (χ3n) is 4.51. The van der Waals surface area contributed by atoms with Gasteiger partial charge < -0.3 is 4.42 Å². The quantitative estimate of drug-likeness (QED) is 0.415. The van der Waals surface area contributed by atoms with Crippen LogP contribution in [0.5, 0.6) is 0 Å². The molecule has 1 heterocycles. The third-order valence-corrected chi connectivity index (χ3v) is 9.13. The van der Waals surface area contributed by atoms with Gasteiger partial charge in [-0.2, -0.15) is 0 Å². The molecule has 0 amide bonds. The number of benzene rings is 3. The molecule has 0 N–H and O–H groups in total. The van der Waals surface area contributed by atoms with Crippen LogP contribution in [-0.2, 0) is 0 Å². The maximum Gasteiger partial charge on any atom is 0.223 e. The van der Waals surface area contributed by atoms with E-state index in [-0.39, 0.29) is 0 Å². The van der Waals surface area contributed by atoms with Crippen molar-refractivity contribution in [2.75, 3.05) is 0 Å². The van der Waals surface area contributed by atoms with E-state index in [1.807, 2.05) is 6.07 Å². The van der Waals surface area contributed by atoms with E-state index in [0.29, 0.717) is 0 Å². The molecule has 0 aliphatic carbocycles. The lowest BCUT2D eigenvalue weighted by molar-refractivity contribution is 0.599. The summed E-state index contributed by atoms with van der Waals surface area (Å²) in [6, 6.07) is 36.4. The average Bonchev–Trinajstić information content (AvgIpc) is 3.20. The van der Waals surface area contributed by atoms with Crippen molar-refractivity contribution in [3.8, 4) is 0 Å². The molecule has 1 aromatic heterocycles. The molecule has 0 radical (unpaired) electrons. The minimum absolute atomic E-state index is 1.06. The van der Waals surface area contributed by atoms with Gasteiger partial charge in [-0.25, -0.2) is 0 Å². The van der Waals surface area contributed by atoms with E-state index in [4.69, 9.17) is 4.42 Å². The molecule has 0 atom stereocenters. The van der Waals surface area contributed by atoms with Gasteiger partial charge in [0, 0.05) is 0 Å². The van der Waals surface area contributed by atoms with Crippen molar-refractivity contribution < 1.29 is 4.42 Å². The second kappa shape index (κ2) is 6.34. The molecular formula is C22H18OSi. The lowest BCUT2D eigenvalue weighted by Gasteiger charge is -2.31. The molecule has 2 heteroatoms. The number of hydrogen-bond donors (Lipinski definition) is 0. The minimum Gasteiger partial charge on any atom is -0.473 e. The topological polar surface area (TPSA) is 13.1 Å². The highest BCUT2D eigenvalue weighted by Crippen LogP contribution is 2.09. The first-order chi connectivity index (χ1) is 11.9. The Kier molecular flexibility index (Phi) is 3.89. The zero-order chi connectivity index (χ0) is 16.2. The molecule has 0 bridgehead atoms. The van der Waals surface area contributed by atoms with Gasteiger partial charge in [0.25, 0.3) is 0 Å². The van der Waals surface area contributed by atoms with Gasteiger partial charge in [-0.05, 0) is 27.7 Å². The summed E-state index contributed by atoms with van der Waals surface area (Å²) in [6.07, 6.45) is 1.78. The molecule has 0 aliphatic heterocycles. The SMILES string of the molecule is c1ccc([Si](c2ccccc2)(c2ccccc2)c2ccco2)cc1. The highest BCUT2D eigenvalue weighted by atomic mass is 28.3. The van der Waals surface area contributed by atoms with E-state index in [1.165, 1.54) is 15.6 Å². The van der Waals surface area contributed by atoms with Gasteiger partial charge in [-0.3, -0.25) is 0 Å². The molecule has 3 aromatic carbocycles. The van der Waals surface area contributed by atoms with E-state index in [0.717, 1.165) is 5.38 Å². The van der Waals surface area contributed by atoms with Gasteiger partial charge in [0.1, 0.15) is 0 Å². The fourth-order valence-electron chi connectivity index (χ4n) is 3.48. The standard InChI is InChI=1S/C22H18OSi/c1-4-11-19(12-5-1)24(22-17-10-18-23-22,20-13-6-2-7-14-20)21-15-8-3-9-16-21/h1-18H. The molecule has 0 unspecified atom stereocenters. The van der Waals surface area contributed by atoms with Crippen LogP contribution in [0, 0.1) is 0 Å². The van der Waals surface area contributed by atoms with Crippen molar-refractivity contribution in [3.05, 3.63) is 109 Å². The van der Waals surface area contributed by atoms with Crippen molar-refractivity contribution in [1.29, 1.82) is 0 Å². The van der Waals surface area contributed by atoms with Crippen molar-refractivity contribution in [2.24, 2.45) is 0 Å². The molecule has 0 saturated carbocycles. The van der Waals surface area contributed by atoms with Crippen molar-refractivity contribution in [2.45, 2.75) is 0 Å². The Balaban J connectivity index is 2.12. The Bertz CT molecular complexity index is 788. The van der Waals surface area contributed by atoms with E-state index in [1.54, 1.807) is 6.26 Å². The fourth-order valence-corrected chi connectivity index (χ4v) is 8.01. The lowest BCUT2D eigenvalue weighted by atomic mass is 10.3. The van der Waals surface area contributed by atoms with Crippen LogP contribution in [0.4, 0.5) is 0 Å². The van der Waals surface area contributed by atoms with Crippen LogP contribution in [0.25, 0.3) is 0 Å². The maximum absolute atomic E-state index is 6.02. The summed E-state index contributed by atoms with van der Waals surface area (Å²) in [5, 5.41) is 5.05. The van der Waals surface area contributed by atoms with Crippen LogP contribution in [0.1, 0.15) is 0 Å². The molecule has 1 nitrogen and oxygen atoms in total. The Hall–Kier alpha value is -2.84. The predicted molar refractivity (Wildman–Crippen MR) is 102 cm³/mol. The summed E-state index contributed by atoms with van der Waals surface area (Å²) >= 11 is 0. The van der Waals surface area contributed by atoms with Gasteiger partial charge in [0.2, 0.25) is 8.07 Å². The monoisotopic (exact) mass is 326 g/mol. The molecule has 4 aromatic rings. The van der Waals surface area contributed by atoms with E-state index >= 15 is 0 Å². The highest BCUT2D eigenvalue weighted by Gasteiger charge is 2.43. The van der Waals surface area contributed by atoms with Crippen LogP contribution >= 0.6 is 0 Å². The summed E-state index contributed by atoms with van der Waals surface area (Å²) < 4.78 is 6.02. The van der Waals surface area contributed by atoms with E-state index in [9.17, 15) is 0 Å².